The van der Waals surface area contributed by atoms with E-state index in [0.29, 0.717) is 45.0 Å². The van der Waals surface area contributed by atoms with E-state index >= 15 is 0 Å². The summed E-state index contributed by atoms with van der Waals surface area (Å²) in [5.74, 6) is -0.518. The molecule has 0 spiro atoms. The summed E-state index contributed by atoms with van der Waals surface area (Å²) in [6.07, 6.45) is 0. The van der Waals surface area contributed by atoms with E-state index in [1.54, 1.807) is 18.2 Å². The second-order valence-corrected chi connectivity index (χ2v) is 8.37. The largest absolute Gasteiger partial charge is 0.488 e. The molecule has 0 saturated heterocycles. The average Bonchev–Trinajstić information content (AvgIpc) is 3.28. The van der Waals surface area contributed by atoms with Crippen LogP contribution in [0.1, 0.15) is 16.1 Å². The number of hydrogen-bond acceptors (Lipinski definition) is 4. The van der Waals surface area contributed by atoms with Crippen molar-refractivity contribution in [1.82, 2.24) is 14.6 Å². The Kier molecular flexibility index (Phi) is 5.92. The molecular weight excluding hydrogens is 473 g/mol. The Morgan fingerprint density at radius 3 is 2.44 bits per heavy atom. The van der Waals surface area contributed by atoms with Gasteiger partial charge in [-0.05, 0) is 42.0 Å². The predicted octanol–water partition coefficient (Wildman–Crippen LogP) is 6.65. The highest BCUT2D eigenvalue weighted by Gasteiger charge is 2.19. The molecule has 0 atom stereocenters. The number of carboxylic acid groups (broad SMARTS) is 1. The van der Waals surface area contributed by atoms with Crippen LogP contribution in [-0.4, -0.2) is 25.7 Å². The molecule has 1 N–H and O–H groups in total. The van der Waals surface area contributed by atoms with Gasteiger partial charge in [0.2, 0.25) is 0 Å². The molecule has 0 saturated carbocycles. The smallest absolute Gasteiger partial charge is 0.356 e. The Labute approximate surface area is 205 Å². The van der Waals surface area contributed by atoms with Crippen molar-refractivity contribution in [2.45, 2.75) is 6.61 Å². The maximum atomic E-state index is 11.6. The molecule has 0 aliphatic heterocycles. The molecule has 2 heterocycles. The van der Waals surface area contributed by atoms with Crippen molar-refractivity contribution in [2.24, 2.45) is 0 Å². The van der Waals surface area contributed by atoms with Gasteiger partial charge in [-0.15, -0.1) is 0 Å². The van der Waals surface area contributed by atoms with E-state index in [1.165, 1.54) is 10.6 Å². The number of halogens is 2. The van der Waals surface area contributed by atoms with Gasteiger partial charge in [-0.25, -0.2) is 14.3 Å². The van der Waals surface area contributed by atoms with E-state index in [9.17, 15) is 9.90 Å². The van der Waals surface area contributed by atoms with E-state index in [1.807, 2.05) is 60.7 Å². The number of aromatic nitrogens is 3. The molecule has 0 radical (unpaired) electrons. The van der Waals surface area contributed by atoms with Crippen molar-refractivity contribution in [2.75, 3.05) is 0 Å². The Hall–Kier alpha value is -3.87. The van der Waals surface area contributed by atoms with E-state index in [-0.39, 0.29) is 5.69 Å². The number of carboxylic acids is 1. The van der Waals surface area contributed by atoms with Crippen LogP contribution in [0, 0.1) is 0 Å². The number of fused-ring (bicyclic) bond motifs is 1. The maximum absolute atomic E-state index is 11.6. The Bertz CT molecular complexity index is 1520. The number of aromatic carboxylic acids is 1. The Morgan fingerprint density at radius 1 is 0.912 bits per heavy atom. The van der Waals surface area contributed by atoms with Crippen molar-refractivity contribution in [3.63, 3.8) is 0 Å². The molecule has 2 aromatic heterocycles. The van der Waals surface area contributed by atoms with Crippen molar-refractivity contribution in [3.8, 4) is 28.3 Å². The van der Waals surface area contributed by atoms with E-state index in [4.69, 9.17) is 27.9 Å². The third-order valence-electron chi connectivity index (χ3n) is 5.25. The molecule has 34 heavy (non-hydrogen) atoms. The minimum absolute atomic E-state index is 0.115. The van der Waals surface area contributed by atoms with Crippen LogP contribution in [0.4, 0.5) is 0 Å². The van der Waals surface area contributed by atoms with Gasteiger partial charge in [0.05, 0.1) is 16.4 Å². The molecule has 0 bridgehead atoms. The first-order chi connectivity index (χ1) is 16.5. The highest BCUT2D eigenvalue weighted by atomic mass is 35.5. The number of benzene rings is 3. The van der Waals surface area contributed by atoms with Gasteiger partial charge in [0.25, 0.3) is 0 Å². The summed E-state index contributed by atoms with van der Waals surface area (Å²) < 4.78 is 7.65. The molecule has 0 aliphatic carbocycles. The zero-order valence-electron chi connectivity index (χ0n) is 17.7. The van der Waals surface area contributed by atoms with Crippen LogP contribution in [0.15, 0.2) is 84.9 Å². The fraction of sp³-hybridized carbons (Fsp3) is 0.0385. The lowest BCUT2D eigenvalue weighted by Crippen LogP contribution is -2.03. The van der Waals surface area contributed by atoms with Gasteiger partial charge in [0.15, 0.2) is 11.3 Å². The van der Waals surface area contributed by atoms with E-state index in [2.05, 4.69) is 10.1 Å². The fourth-order valence-corrected chi connectivity index (χ4v) is 4.15. The summed E-state index contributed by atoms with van der Waals surface area (Å²) in [7, 11) is 0. The van der Waals surface area contributed by atoms with E-state index < -0.39 is 5.97 Å². The van der Waals surface area contributed by atoms with Crippen LogP contribution in [0.5, 0.6) is 5.75 Å². The van der Waals surface area contributed by atoms with Gasteiger partial charge in [-0.3, -0.25) is 0 Å². The highest BCUT2D eigenvalue weighted by molar-refractivity contribution is 6.36. The molecule has 3 aromatic carbocycles. The summed E-state index contributed by atoms with van der Waals surface area (Å²) >= 11 is 12.5. The molecule has 6 nitrogen and oxygen atoms in total. The zero-order chi connectivity index (χ0) is 23.7. The first kappa shape index (κ1) is 21.9. The van der Waals surface area contributed by atoms with Crippen molar-refractivity contribution < 1.29 is 14.6 Å². The van der Waals surface area contributed by atoms with Crippen molar-refractivity contribution in [3.05, 3.63) is 106 Å². The second kappa shape index (κ2) is 9.17. The topological polar surface area (TPSA) is 76.7 Å². The van der Waals surface area contributed by atoms with Gasteiger partial charge < -0.3 is 9.84 Å². The molecule has 0 unspecified atom stereocenters. The molecule has 5 rings (SSSR count). The average molecular weight is 490 g/mol. The minimum Gasteiger partial charge on any atom is -0.488 e. The van der Waals surface area contributed by atoms with E-state index in [0.717, 1.165) is 11.1 Å². The standard InChI is InChI=1S/C26H17Cl2N3O3/c27-17-10-11-18(20(28)12-17)21-13-23(31-25(29-21)14-22(30-31)26(32)33)19-8-4-5-9-24(19)34-15-16-6-2-1-3-7-16/h1-14H,15H2,(H,32,33). The molecule has 8 heteroatoms. The summed E-state index contributed by atoms with van der Waals surface area (Å²) in [6.45, 7) is 0.376. The second-order valence-electron chi connectivity index (χ2n) is 7.53. The quantitative estimate of drug-likeness (QED) is 0.289. The van der Waals surface area contributed by atoms with Crippen molar-refractivity contribution >= 4 is 34.8 Å². The number of para-hydroxylation sites is 1. The van der Waals surface area contributed by atoms with Crippen LogP contribution in [0.3, 0.4) is 0 Å². The predicted molar refractivity (Wildman–Crippen MR) is 132 cm³/mol. The fourth-order valence-electron chi connectivity index (χ4n) is 3.65. The zero-order valence-corrected chi connectivity index (χ0v) is 19.2. The maximum Gasteiger partial charge on any atom is 0.356 e. The Balaban J connectivity index is 1.67. The molecule has 5 aromatic rings. The molecular formula is C26H17Cl2N3O3. The lowest BCUT2D eigenvalue weighted by Gasteiger charge is -2.14. The number of ether oxygens (including phenoxy) is 1. The lowest BCUT2D eigenvalue weighted by atomic mass is 10.1. The third-order valence-corrected chi connectivity index (χ3v) is 5.80. The molecule has 0 aliphatic rings. The summed E-state index contributed by atoms with van der Waals surface area (Å²) in [4.78, 5) is 16.2. The van der Waals surface area contributed by atoms with Crippen LogP contribution in [0.25, 0.3) is 28.2 Å². The normalized spacial score (nSPS) is 11.0. The number of carbonyl (C=O) groups is 1. The SMILES string of the molecule is O=C(O)c1cc2nc(-c3ccc(Cl)cc3Cl)cc(-c3ccccc3OCc3ccccc3)n2n1. The summed E-state index contributed by atoms with van der Waals surface area (Å²) in [5, 5.41) is 14.7. The number of rotatable bonds is 6. The third kappa shape index (κ3) is 4.33. The van der Waals surface area contributed by atoms with Gasteiger partial charge in [-0.1, -0.05) is 65.7 Å². The molecule has 0 amide bonds. The number of nitrogens with zero attached hydrogens (tertiary/aromatic N) is 3. The minimum atomic E-state index is -1.14. The molecule has 0 fully saturated rings. The number of hydrogen-bond donors (Lipinski definition) is 1. The van der Waals surface area contributed by atoms with Crippen LogP contribution in [-0.2, 0) is 6.61 Å². The van der Waals surface area contributed by atoms with Gasteiger partial charge in [-0.2, -0.15) is 5.10 Å². The Morgan fingerprint density at radius 2 is 1.68 bits per heavy atom. The van der Waals surface area contributed by atoms with Crippen molar-refractivity contribution in [1.29, 1.82) is 0 Å². The summed E-state index contributed by atoms with van der Waals surface area (Å²) in [6, 6.07) is 25.7. The van der Waals surface area contributed by atoms with Gasteiger partial charge in [0, 0.05) is 22.2 Å². The highest BCUT2D eigenvalue weighted by Crippen LogP contribution is 2.35. The lowest BCUT2D eigenvalue weighted by molar-refractivity contribution is 0.0690. The first-order valence-corrected chi connectivity index (χ1v) is 11.1. The monoisotopic (exact) mass is 489 g/mol. The van der Waals surface area contributed by atoms with Crippen LogP contribution in [0.2, 0.25) is 10.0 Å². The van der Waals surface area contributed by atoms with Gasteiger partial charge in [0.1, 0.15) is 12.4 Å². The first-order valence-electron chi connectivity index (χ1n) is 10.4. The summed E-state index contributed by atoms with van der Waals surface area (Å²) in [5.41, 5.74) is 3.84. The van der Waals surface area contributed by atoms with Gasteiger partial charge >= 0.3 is 5.97 Å². The van der Waals surface area contributed by atoms with Crippen LogP contribution >= 0.6 is 23.2 Å². The van der Waals surface area contributed by atoms with Crippen LogP contribution < -0.4 is 4.74 Å². The molecule has 168 valence electrons.